The Kier molecular flexibility index (Phi) is 4.96. The van der Waals surface area contributed by atoms with Gasteiger partial charge in [0.1, 0.15) is 11.8 Å². The summed E-state index contributed by atoms with van der Waals surface area (Å²) in [5.41, 5.74) is 7.69. The molecule has 0 bridgehead atoms. The van der Waals surface area contributed by atoms with Crippen LogP contribution in [0.1, 0.15) is 17.5 Å². The van der Waals surface area contributed by atoms with E-state index >= 15 is 0 Å². The number of hydrogen-bond acceptors (Lipinski definition) is 4. The van der Waals surface area contributed by atoms with Gasteiger partial charge in [-0.2, -0.15) is 11.8 Å². The fraction of sp³-hybridized carbons (Fsp3) is 0.462. The lowest BCUT2D eigenvalue weighted by molar-refractivity contribution is -0.138. The molecule has 104 valence electrons. The van der Waals surface area contributed by atoms with Crippen molar-refractivity contribution in [3.63, 3.8) is 0 Å². The van der Waals surface area contributed by atoms with Gasteiger partial charge in [0.25, 0.3) is 0 Å². The van der Waals surface area contributed by atoms with Crippen molar-refractivity contribution in [3.05, 3.63) is 28.3 Å². The molecule has 4 nitrogen and oxygen atoms in total. The van der Waals surface area contributed by atoms with Crippen molar-refractivity contribution in [2.24, 2.45) is 5.73 Å². The molecule has 0 aromatic heterocycles. The van der Waals surface area contributed by atoms with E-state index in [1.165, 1.54) is 0 Å². The van der Waals surface area contributed by atoms with E-state index in [-0.39, 0.29) is 0 Å². The van der Waals surface area contributed by atoms with E-state index < -0.39 is 12.0 Å². The zero-order valence-electron chi connectivity index (χ0n) is 10.4. The quantitative estimate of drug-likeness (QED) is 0.789. The van der Waals surface area contributed by atoms with E-state index in [0.717, 1.165) is 34.1 Å². The summed E-state index contributed by atoms with van der Waals surface area (Å²) < 4.78 is 5.61. The molecule has 1 heterocycles. The van der Waals surface area contributed by atoms with Crippen molar-refractivity contribution in [2.45, 2.75) is 24.6 Å². The molecule has 19 heavy (non-hydrogen) atoms. The Balaban J connectivity index is 1.88. The molecule has 0 saturated carbocycles. The summed E-state index contributed by atoms with van der Waals surface area (Å²) in [5, 5.41) is 9.41. The molecule has 1 aliphatic rings. The van der Waals surface area contributed by atoms with Crippen LogP contribution in [0.3, 0.4) is 0 Å². The molecule has 0 aliphatic carbocycles. The molecule has 1 aliphatic heterocycles. The third kappa shape index (κ3) is 3.78. The molecule has 0 radical (unpaired) electrons. The second kappa shape index (κ2) is 6.50. The number of ether oxygens (including phenoxy) is 1. The highest BCUT2D eigenvalue weighted by Gasteiger charge is 2.17. The SMILES string of the molecule is NC(CCSCc1cc(Cl)cc2c1OCC2)C(=O)O. The van der Waals surface area contributed by atoms with E-state index in [9.17, 15) is 4.79 Å². The van der Waals surface area contributed by atoms with E-state index in [1.54, 1.807) is 11.8 Å². The number of rotatable bonds is 6. The monoisotopic (exact) mass is 301 g/mol. The second-order valence-corrected chi connectivity index (χ2v) is 5.98. The van der Waals surface area contributed by atoms with Gasteiger partial charge in [-0.15, -0.1) is 0 Å². The standard InChI is InChI=1S/C13H16ClNO3S/c14-10-5-8-1-3-18-12(8)9(6-10)7-19-4-2-11(15)13(16)17/h5-6,11H,1-4,7,15H2,(H,16,17). The van der Waals surface area contributed by atoms with Crippen molar-refractivity contribution in [3.8, 4) is 5.75 Å². The number of carbonyl (C=O) groups is 1. The average molecular weight is 302 g/mol. The predicted molar refractivity (Wildman–Crippen MR) is 77.0 cm³/mol. The number of nitrogens with two attached hydrogens (primary N) is 1. The molecule has 1 aromatic rings. The van der Waals surface area contributed by atoms with E-state index in [2.05, 4.69) is 0 Å². The van der Waals surface area contributed by atoms with Crippen molar-refractivity contribution in [2.75, 3.05) is 12.4 Å². The Morgan fingerprint density at radius 2 is 2.37 bits per heavy atom. The fourth-order valence-electron chi connectivity index (χ4n) is 1.97. The Bertz CT molecular complexity index is 481. The topological polar surface area (TPSA) is 72.5 Å². The Morgan fingerprint density at radius 1 is 1.58 bits per heavy atom. The summed E-state index contributed by atoms with van der Waals surface area (Å²) in [6.07, 6.45) is 1.36. The van der Waals surface area contributed by atoms with Crippen molar-refractivity contribution in [1.82, 2.24) is 0 Å². The van der Waals surface area contributed by atoms with Gasteiger partial charge in [0.15, 0.2) is 0 Å². The van der Waals surface area contributed by atoms with Gasteiger partial charge in [-0.3, -0.25) is 4.79 Å². The Labute approximate surface area is 121 Å². The van der Waals surface area contributed by atoms with Gasteiger partial charge < -0.3 is 15.6 Å². The number of benzene rings is 1. The molecule has 0 fully saturated rings. The highest BCUT2D eigenvalue weighted by molar-refractivity contribution is 7.98. The second-order valence-electron chi connectivity index (χ2n) is 4.44. The third-order valence-corrected chi connectivity index (χ3v) is 4.23. The van der Waals surface area contributed by atoms with Crippen LogP contribution in [-0.2, 0) is 17.0 Å². The summed E-state index contributed by atoms with van der Waals surface area (Å²) in [6, 6.07) is 3.07. The van der Waals surface area contributed by atoms with Gasteiger partial charge >= 0.3 is 5.97 Å². The van der Waals surface area contributed by atoms with Crippen LogP contribution >= 0.6 is 23.4 Å². The van der Waals surface area contributed by atoms with E-state index in [0.29, 0.717) is 18.8 Å². The molecular formula is C13H16ClNO3S. The van der Waals surface area contributed by atoms with Crippen LogP contribution in [0.4, 0.5) is 0 Å². The predicted octanol–water partition coefficient (Wildman–Crippen LogP) is 2.31. The molecule has 0 saturated heterocycles. The number of aliphatic carboxylic acids is 1. The molecule has 0 spiro atoms. The maximum atomic E-state index is 10.6. The summed E-state index contributed by atoms with van der Waals surface area (Å²) in [6.45, 7) is 0.706. The number of halogens is 1. The highest BCUT2D eigenvalue weighted by Crippen LogP contribution is 2.34. The van der Waals surface area contributed by atoms with Crippen LogP contribution in [0.15, 0.2) is 12.1 Å². The maximum absolute atomic E-state index is 10.6. The Morgan fingerprint density at radius 3 is 3.11 bits per heavy atom. The van der Waals surface area contributed by atoms with Gasteiger partial charge in [-0.25, -0.2) is 0 Å². The largest absolute Gasteiger partial charge is 0.493 e. The van der Waals surface area contributed by atoms with Crippen LogP contribution in [0.5, 0.6) is 5.75 Å². The van der Waals surface area contributed by atoms with E-state index in [1.807, 2.05) is 12.1 Å². The first kappa shape index (κ1) is 14.5. The van der Waals surface area contributed by atoms with Crippen LogP contribution in [0.2, 0.25) is 5.02 Å². The fourth-order valence-corrected chi connectivity index (χ4v) is 3.23. The summed E-state index contributed by atoms with van der Waals surface area (Å²) in [4.78, 5) is 10.6. The minimum Gasteiger partial charge on any atom is -0.493 e. The minimum absolute atomic E-state index is 0.462. The summed E-state index contributed by atoms with van der Waals surface area (Å²) >= 11 is 7.72. The summed E-state index contributed by atoms with van der Waals surface area (Å²) in [5.74, 6) is 1.45. The molecular weight excluding hydrogens is 286 g/mol. The normalized spacial score (nSPS) is 14.8. The van der Waals surface area contributed by atoms with Crippen molar-refractivity contribution in [1.29, 1.82) is 0 Å². The lowest BCUT2D eigenvalue weighted by Gasteiger charge is -2.09. The van der Waals surface area contributed by atoms with Crippen LogP contribution in [-0.4, -0.2) is 29.5 Å². The van der Waals surface area contributed by atoms with Crippen LogP contribution < -0.4 is 10.5 Å². The van der Waals surface area contributed by atoms with Crippen LogP contribution in [0, 0.1) is 0 Å². The third-order valence-electron chi connectivity index (χ3n) is 2.97. The zero-order chi connectivity index (χ0) is 13.8. The molecule has 0 amide bonds. The van der Waals surface area contributed by atoms with Gasteiger partial charge in [0, 0.05) is 22.8 Å². The van der Waals surface area contributed by atoms with Gasteiger partial charge in [0.05, 0.1) is 6.61 Å². The van der Waals surface area contributed by atoms with Crippen molar-refractivity contribution >= 4 is 29.3 Å². The molecule has 2 rings (SSSR count). The van der Waals surface area contributed by atoms with Gasteiger partial charge in [0.2, 0.25) is 0 Å². The highest BCUT2D eigenvalue weighted by atomic mass is 35.5. The van der Waals surface area contributed by atoms with Crippen molar-refractivity contribution < 1.29 is 14.6 Å². The Hall–Kier alpha value is -0.910. The first-order valence-electron chi connectivity index (χ1n) is 6.08. The minimum atomic E-state index is -0.951. The average Bonchev–Trinajstić information content (AvgIpc) is 2.81. The molecule has 3 N–H and O–H groups in total. The van der Waals surface area contributed by atoms with E-state index in [4.69, 9.17) is 27.2 Å². The smallest absolute Gasteiger partial charge is 0.320 e. The van der Waals surface area contributed by atoms with Crippen LogP contribution in [0.25, 0.3) is 0 Å². The molecule has 1 atom stereocenters. The summed E-state index contributed by atoms with van der Waals surface area (Å²) in [7, 11) is 0. The number of fused-ring (bicyclic) bond motifs is 1. The van der Waals surface area contributed by atoms with Gasteiger partial charge in [-0.05, 0) is 29.9 Å². The van der Waals surface area contributed by atoms with Gasteiger partial charge in [-0.1, -0.05) is 11.6 Å². The molecule has 1 unspecified atom stereocenters. The molecule has 6 heteroatoms. The first-order valence-corrected chi connectivity index (χ1v) is 7.61. The zero-order valence-corrected chi connectivity index (χ0v) is 12.0. The lowest BCUT2D eigenvalue weighted by Crippen LogP contribution is -2.30. The molecule has 1 aromatic carbocycles. The first-order chi connectivity index (χ1) is 9.08. The maximum Gasteiger partial charge on any atom is 0.320 e. The number of thioether (sulfide) groups is 1. The lowest BCUT2D eigenvalue weighted by atomic mass is 10.1. The number of hydrogen-bond donors (Lipinski definition) is 2. The number of carboxylic acids is 1. The number of carboxylic acid groups (broad SMARTS) is 1.